The van der Waals surface area contributed by atoms with E-state index in [0.29, 0.717) is 11.5 Å². The second kappa shape index (κ2) is 4.33. The maximum atomic E-state index is 12.0. The average Bonchev–Trinajstić information content (AvgIpc) is 2.98. The molecule has 0 saturated heterocycles. The van der Waals surface area contributed by atoms with Crippen LogP contribution in [0.2, 0.25) is 0 Å². The fourth-order valence-electron chi connectivity index (χ4n) is 1.96. The number of hydrogen-bond acceptors (Lipinski definition) is 2. The first-order valence-corrected chi connectivity index (χ1v) is 6.50. The Bertz CT molecular complexity index is 453. The molecule has 1 fully saturated rings. The van der Waals surface area contributed by atoms with Crippen molar-refractivity contribution in [1.29, 1.82) is 0 Å². The van der Waals surface area contributed by atoms with Gasteiger partial charge in [-0.2, -0.15) is 0 Å². The summed E-state index contributed by atoms with van der Waals surface area (Å²) in [7, 11) is 0. The Hall–Kier alpha value is -1.03. The number of rotatable bonds is 3. The van der Waals surface area contributed by atoms with E-state index in [2.05, 4.69) is 21.2 Å². The van der Waals surface area contributed by atoms with Crippen molar-refractivity contribution >= 4 is 21.8 Å². The molecule has 2 N–H and O–H groups in total. The van der Waals surface area contributed by atoms with Gasteiger partial charge < -0.3 is 10.4 Å². The molecule has 0 atom stereocenters. The molecule has 1 amide bonds. The van der Waals surface area contributed by atoms with E-state index in [-0.39, 0.29) is 17.2 Å². The van der Waals surface area contributed by atoms with Crippen LogP contribution in [-0.2, 0) is 0 Å². The van der Waals surface area contributed by atoms with Gasteiger partial charge in [-0.1, -0.05) is 15.9 Å². The molecule has 0 heterocycles. The Balaban J connectivity index is 2.14. The van der Waals surface area contributed by atoms with E-state index >= 15 is 0 Å². The van der Waals surface area contributed by atoms with Gasteiger partial charge in [0.15, 0.2) is 0 Å². The van der Waals surface area contributed by atoms with Crippen LogP contribution in [0.1, 0.15) is 37.0 Å². The Morgan fingerprint density at radius 2 is 2.12 bits per heavy atom. The predicted octanol–water partition coefficient (Wildman–Crippen LogP) is 3.07. The maximum absolute atomic E-state index is 12.0. The van der Waals surface area contributed by atoms with Crippen molar-refractivity contribution in [3.8, 4) is 5.75 Å². The van der Waals surface area contributed by atoms with E-state index in [4.69, 9.17) is 0 Å². The van der Waals surface area contributed by atoms with Gasteiger partial charge in [0.05, 0.1) is 5.56 Å². The summed E-state index contributed by atoms with van der Waals surface area (Å²) in [5, 5.41) is 12.7. The van der Waals surface area contributed by atoms with E-state index < -0.39 is 0 Å². The lowest BCUT2D eigenvalue weighted by atomic mass is 9.98. The Morgan fingerprint density at radius 3 is 2.65 bits per heavy atom. The summed E-state index contributed by atoms with van der Waals surface area (Å²) in [6.07, 6.45) is 2.33. The van der Waals surface area contributed by atoms with Gasteiger partial charge in [0.25, 0.3) is 5.91 Å². The second-order valence-corrected chi connectivity index (χ2v) is 6.03. The van der Waals surface area contributed by atoms with Crippen LogP contribution in [0.3, 0.4) is 0 Å². The third-order valence-corrected chi connectivity index (χ3v) is 3.73. The number of hydrogen-bond donors (Lipinski definition) is 2. The van der Waals surface area contributed by atoms with Crippen molar-refractivity contribution in [3.63, 3.8) is 0 Å². The summed E-state index contributed by atoms with van der Waals surface area (Å²) in [5.41, 5.74) is 0.123. The normalized spacial score (nSPS) is 15.7. The molecule has 4 heteroatoms. The van der Waals surface area contributed by atoms with Gasteiger partial charge in [0.2, 0.25) is 0 Å². The van der Waals surface area contributed by atoms with Gasteiger partial charge in [0, 0.05) is 10.0 Å². The van der Waals surface area contributed by atoms with E-state index in [1.54, 1.807) is 12.1 Å². The molecule has 92 valence electrons. The SMILES string of the molecule is CC(C)(NC(=O)c1ccc(Br)cc1O)C1CC1. The van der Waals surface area contributed by atoms with Gasteiger partial charge >= 0.3 is 0 Å². The van der Waals surface area contributed by atoms with Gasteiger partial charge in [0.1, 0.15) is 5.75 Å². The fourth-order valence-corrected chi connectivity index (χ4v) is 2.31. The molecule has 17 heavy (non-hydrogen) atoms. The largest absolute Gasteiger partial charge is 0.507 e. The zero-order chi connectivity index (χ0) is 12.6. The van der Waals surface area contributed by atoms with Crippen LogP contribution in [0.15, 0.2) is 22.7 Å². The van der Waals surface area contributed by atoms with Gasteiger partial charge in [-0.15, -0.1) is 0 Å². The first-order valence-electron chi connectivity index (χ1n) is 5.71. The molecule has 0 radical (unpaired) electrons. The molecule has 0 bridgehead atoms. The van der Waals surface area contributed by atoms with Crippen LogP contribution in [-0.4, -0.2) is 16.6 Å². The molecule has 0 spiro atoms. The number of carbonyl (C=O) groups excluding carboxylic acids is 1. The van der Waals surface area contributed by atoms with E-state index in [1.165, 1.54) is 18.9 Å². The highest BCUT2D eigenvalue weighted by Gasteiger charge is 2.39. The van der Waals surface area contributed by atoms with Gasteiger partial charge in [-0.25, -0.2) is 0 Å². The minimum absolute atomic E-state index is 0.00321. The lowest BCUT2D eigenvalue weighted by molar-refractivity contribution is 0.0900. The highest BCUT2D eigenvalue weighted by molar-refractivity contribution is 9.10. The minimum Gasteiger partial charge on any atom is -0.507 e. The van der Waals surface area contributed by atoms with Crippen molar-refractivity contribution in [2.24, 2.45) is 5.92 Å². The summed E-state index contributed by atoms with van der Waals surface area (Å²) >= 11 is 3.25. The van der Waals surface area contributed by atoms with Crippen LogP contribution >= 0.6 is 15.9 Å². The molecule has 1 aromatic carbocycles. The zero-order valence-electron chi connectivity index (χ0n) is 9.96. The predicted molar refractivity (Wildman–Crippen MR) is 70.1 cm³/mol. The van der Waals surface area contributed by atoms with Crippen LogP contribution in [0.25, 0.3) is 0 Å². The molecule has 0 aromatic heterocycles. The van der Waals surface area contributed by atoms with Gasteiger partial charge in [-0.3, -0.25) is 4.79 Å². The van der Waals surface area contributed by atoms with Gasteiger partial charge in [-0.05, 0) is 50.8 Å². The quantitative estimate of drug-likeness (QED) is 0.901. The lowest BCUT2D eigenvalue weighted by Crippen LogP contribution is -2.45. The molecule has 0 unspecified atom stereocenters. The Morgan fingerprint density at radius 1 is 1.47 bits per heavy atom. The molecular weight excluding hydrogens is 282 g/mol. The molecule has 0 aliphatic heterocycles. The summed E-state index contributed by atoms with van der Waals surface area (Å²) in [6.45, 7) is 4.05. The Kier molecular flexibility index (Phi) is 3.17. The number of benzene rings is 1. The molecule has 1 aliphatic rings. The third kappa shape index (κ3) is 2.80. The molecule has 1 aromatic rings. The average molecular weight is 298 g/mol. The summed E-state index contributed by atoms with van der Waals surface area (Å²) in [6, 6.07) is 4.90. The van der Waals surface area contributed by atoms with E-state index in [1.807, 2.05) is 13.8 Å². The number of phenols is 1. The highest BCUT2D eigenvalue weighted by Crippen LogP contribution is 2.39. The molecule has 2 rings (SSSR count). The van der Waals surface area contributed by atoms with Crippen LogP contribution in [0.5, 0.6) is 5.75 Å². The van der Waals surface area contributed by atoms with E-state index in [9.17, 15) is 9.90 Å². The smallest absolute Gasteiger partial charge is 0.255 e. The van der Waals surface area contributed by atoms with Crippen LogP contribution in [0, 0.1) is 5.92 Å². The molecule has 1 aliphatic carbocycles. The second-order valence-electron chi connectivity index (χ2n) is 5.11. The number of phenolic OH excluding ortho intramolecular Hbond substituents is 1. The zero-order valence-corrected chi connectivity index (χ0v) is 11.5. The molecule has 1 saturated carbocycles. The fraction of sp³-hybridized carbons (Fsp3) is 0.462. The first-order chi connectivity index (χ1) is 7.90. The molecule has 3 nitrogen and oxygen atoms in total. The van der Waals surface area contributed by atoms with Crippen molar-refractivity contribution in [1.82, 2.24) is 5.32 Å². The van der Waals surface area contributed by atoms with Crippen LogP contribution in [0.4, 0.5) is 0 Å². The summed E-state index contributed by atoms with van der Waals surface area (Å²) in [5.74, 6) is 0.347. The number of halogens is 1. The number of nitrogens with one attached hydrogen (secondary N) is 1. The molecular formula is C13H16BrNO2. The number of amides is 1. The third-order valence-electron chi connectivity index (χ3n) is 3.24. The monoisotopic (exact) mass is 297 g/mol. The summed E-state index contributed by atoms with van der Waals surface area (Å²) in [4.78, 5) is 12.0. The standard InChI is InChI=1S/C13H16BrNO2/c1-13(2,8-3-4-8)15-12(17)10-6-5-9(14)7-11(10)16/h5-8,16H,3-4H2,1-2H3,(H,15,17). The summed E-state index contributed by atoms with van der Waals surface area (Å²) < 4.78 is 0.757. The lowest BCUT2D eigenvalue weighted by Gasteiger charge is -2.26. The van der Waals surface area contributed by atoms with Crippen molar-refractivity contribution < 1.29 is 9.90 Å². The number of aromatic hydroxyl groups is 1. The topological polar surface area (TPSA) is 49.3 Å². The van der Waals surface area contributed by atoms with Crippen molar-refractivity contribution in [2.45, 2.75) is 32.2 Å². The minimum atomic E-state index is -0.216. The maximum Gasteiger partial charge on any atom is 0.255 e. The Labute approximate surface area is 109 Å². The highest BCUT2D eigenvalue weighted by atomic mass is 79.9. The van der Waals surface area contributed by atoms with Crippen molar-refractivity contribution in [2.75, 3.05) is 0 Å². The number of carbonyl (C=O) groups is 1. The van der Waals surface area contributed by atoms with Crippen molar-refractivity contribution in [3.05, 3.63) is 28.2 Å². The van der Waals surface area contributed by atoms with Crippen LogP contribution < -0.4 is 5.32 Å². The van der Waals surface area contributed by atoms with E-state index in [0.717, 1.165) is 4.47 Å². The first kappa shape index (κ1) is 12.4.